The maximum Gasteiger partial charge on any atom is 0.408 e. The highest BCUT2D eigenvalue weighted by Crippen LogP contribution is 2.08. The minimum absolute atomic E-state index is 0.111. The summed E-state index contributed by atoms with van der Waals surface area (Å²) >= 11 is 1.21. The molecule has 0 unspecified atom stereocenters. The number of amides is 2. The van der Waals surface area contributed by atoms with E-state index in [0.717, 1.165) is 5.56 Å². The smallest absolute Gasteiger partial charge is 0.408 e. The first-order valence-corrected chi connectivity index (χ1v) is 8.93. The number of benzene rings is 1. The summed E-state index contributed by atoms with van der Waals surface area (Å²) in [6.07, 6.45) is -0.520. The summed E-state index contributed by atoms with van der Waals surface area (Å²) < 4.78 is 5.04. The maximum atomic E-state index is 11.8. The molecule has 0 radical (unpaired) electrons. The number of aliphatic carboxylic acids is 1. The zero-order valence-corrected chi connectivity index (χ0v) is 15.4. The topological polar surface area (TPSA) is 105 Å². The molecule has 138 valence electrons. The van der Waals surface area contributed by atoms with Gasteiger partial charge in [0.25, 0.3) is 0 Å². The summed E-state index contributed by atoms with van der Waals surface area (Å²) in [5.74, 6) is -0.939. The third kappa shape index (κ3) is 9.61. The van der Waals surface area contributed by atoms with Crippen LogP contribution in [0.15, 0.2) is 30.3 Å². The van der Waals surface area contributed by atoms with Crippen LogP contribution in [0.2, 0.25) is 0 Å². The van der Waals surface area contributed by atoms with Crippen LogP contribution in [0.4, 0.5) is 4.79 Å². The van der Waals surface area contributed by atoms with E-state index >= 15 is 0 Å². The summed E-state index contributed by atoms with van der Waals surface area (Å²) in [5, 5.41) is 14.2. The molecule has 3 N–H and O–H groups in total. The van der Waals surface area contributed by atoms with Gasteiger partial charge in [-0.15, -0.1) is 11.8 Å². The van der Waals surface area contributed by atoms with E-state index in [4.69, 9.17) is 9.84 Å². The van der Waals surface area contributed by atoms with Crippen LogP contribution in [0.1, 0.15) is 26.3 Å². The van der Waals surface area contributed by atoms with Gasteiger partial charge in [0.05, 0.1) is 12.3 Å². The van der Waals surface area contributed by atoms with Crippen molar-refractivity contribution >= 4 is 29.7 Å². The van der Waals surface area contributed by atoms with Crippen LogP contribution in [0, 0.1) is 0 Å². The van der Waals surface area contributed by atoms with E-state index in [2.05, 4.69) is 10.6 Å². The summed E-state index contributed by atoms with van der Waals surface area (Å²) in [5.41, 5.74) is 0.200. The average molecular weight is 368 g/mol. The van der Waals surface area contributed by atoms with Crippen LogP contribution >= 0.6 is 11.8 Å². The van der Waals surface area contributed by atoms with E-state index in [1.165, 1.54) is 11.8 Å². The number of alkyl carbamates (subject to hydrolysis) is 1. The Labute approximate surface area is 151 Å². The largest absolute Gasteiger partial charge is 0.480 e. The second-order valence-electron chi connectivity index (χ2n) is 6.31. The molecule has 1 aromatic rings. The lowest BCUT2D eigenvalue weighted by molar-refractivity contribution is -0.138. The first kappa shape index (κ1) is 20.8. The summed E-state index contributed by atoms with van der Waals surface area (Å²) in [4.78, 5) is 34.6. The lowest BCUT2D eigenvalue weighted by Gasteiger charge is -2.21. The van der Waals surface area contributed by atoms with Crippen LogP contribution in [0.25, 0.3) is 0 Å². The third-order valence-corrected chi connectivity index (χ3v) is 3.77. The Morgan fingerprint density at radius 2 is 1.84 bits per heavy atom. The number of carboxylic acid groups (broad SMARTS) is 1. The Bertz CT molecular complexity index is 586. The molecule has 1 rings (SSSR count). The van der Waals surface area contributed by atoms with Crippen LogP contribution in [-0.4, -0.2) is 46.3 Å². The van der Waals surface area contributed by atoms with Crippen LogP contribution in [-0.2, 0) is 20.7 Å². The molecular weight excluding hydrogens is 344 g/mol. The first-order valence-electron chi connectivity index (χ1n) is 7.78. The molecule has 25 heavy (non-hydrogen) atoms. The van der Waals surface area contributed by atoms with Crippen molar-refractivity contribution in [1.82, 2.24) is 10.6 Å². The number of carbonyl (C=O) groups is 3. The monoisotopic (exact) mass is 368 g/mol. The van der Waals surface area contributed by atoms with Gasteiger partial charge in [0.1, 0.15) is 11.6 Å². The summed E-state index contributed by atoms with van der Waals surface area (Å²) in [7, 11) is 0. The van der Waals surface area contributed by atoms with Gasteiger partial charge in [-0.2, -0.15) is 0 Å². The number of hydrogen-bond acceptors (Lipinski definition) is 5. The van der Waals surface area contributed by atoms with Gasteiger partial charge in [-0.1, -0.05) is 30.3 Å². The highest BCUT2D eigenvalue weighted by molar-refractivity contribution is 7.99. The molecule has 7 nitrogen and oxygen atoms in total. The minimum Gasteiger partial charge on any atom is -0.480 e. The normalized spacial score (nSPS) is 12.1. The number of hydrogen-bond donors (Lipinski definition) is 3. The molecule has 0 aliphatic rings. The third-order valence-electron chi connectivity index (χ3n) is 2.85. The Morgan fingerprint density at radius 1 is 1.20 bits per heavy atom. The Balaban J connectivity index is 2.32. The van der Waals surface area contributed by atoms with E-state index in [0.29, 0.717) is 0 Å². The number of ether oxygens (including phenoxy) is 1. The van der Waals surface area contributed by atoms with Gasteiger partial charge >= 0.3 is 12.1 Å². The maximum absolute atomic E-state index is 11.8. The molecule has 1 aromatic carbocycles. The van der Waals surface area contributed by atoms with Gasteiger partial charge in [0, 0.05) is 5.75 Å². The van der Waals surface area contributed by atoms with Crippen molar-refractivity contribution in [2.24, 2.45) is 0 Å². The van der Waals surface area contributed by atoms with Crippen molar-refractivity contribution in [1.29, 1.82) is 0 Å². The van der Waals surface area contributed by atoms with E-state index in [1.54, 1.807) is 20.8 Å². The highest BCUT2D eigenvalue weighted by Gasteiger charge is 2.23. The molecule has 0 aromatic heterocycles. The van der Waals surface area contributed by atoms with E-state index in [9.17, 15) is 14.4 Å². The van der Waals surface area contributed by atoms with E-state index in [1.807, 2.05) is 30.3 Å². The van der Waals surface area contributed by atoms with Gasteiger partial charge in [-0.05, 0) is 26.3 Å². The molecule has 1 atom stereocenters. The number of rotatable bonds is 8. The fourth-order valence-corrected chi connectivity index (χ4v) is 2.62. The molecule has 0 aliphatic heterocycles. The summed E-state index contributed by atoms with van der Waals surface area (Å²) in [6, 6.07) is 8.22. The van der Waals surface area contributed by atoms with Crippen molar-refractivity contribution in [2.75, 3.05) is 11.6 Å². The van der Waals surface area contributed by atoms with Crippen molar-refractivity contribution in [3.63, 3.8) is 0 Å². The summed E-state index contributed by atoms with van der Waals surface area (Å²) in [6.45, 7) is 5.08. The molecule has 8 heteroatoms. The molecular formula is C17H24N2O5S. The second-order valence-corrected chi connectivity index (χ2v) is 7.34. The lowest BCUT2D eigenvalue weighted by atomic mass is 10.1. The van der Waals surface area contributed by atoms with Crippen LogP contribution < -0.4 is 10.6 Å². The Kier molecular flexibility index (Phi) is 8.27. The molecule has 0 spiro atoms. The molecule has 0 heterocycles. The van der Waals surface area contributed by atoms with Crippen molar-refractivity contribution in [3.8, 4) is 0 Å². The Hall–Kier alpha value is -2.22. The zero-order chi connectivity index (χ0) is 18.9. The van der Waals surface area contributed by atoms with Crippen molar-refractivity contribution < 1.29 is 24.2 Å². The van der Waals surface area contributed by atoms with Crippen molar-refractivity contribution in [3.05, 3.63) is 35.9 Å². The van der Waals surface area contributed by atoms with Gasteiger partial charge in [-0.25, -0.2) is 9.59 Å². The van der Waals surface area contributed by atoms with E-state index in [-0.39, 0.29) is 24.0 Å². The first-order chi connectivity index (χ1) is 11.7. The minimum atomic E-state index is -1.16. The molecule has 0 fully saturated rings. The molecule has 0 saturated heterocycles. The number of nitrogens with one attached hydrogen (secondary N) is 2. The molecule has 0 bridgehead atoms. The Morgan fingerprint density at radius 3 is 2.40 bits per heavy atom. The van der Waals surface area contributed by atoms with Gasteiger partial charge in [0.15, 0.2) is 0 Å². The predicted octanol–water partition coefficient (Wildman–Crippen LogP) is 2.01. The number of carboxylic acids is 1. The predicted molar refractivity (Wildman–Crippen MR) is 96.4 cm³/mol. The van der Waals surface area contributed by atoms with Crippen molar-refractivity contribution in [2.45, 2.75) is 38.8 Å². The average Bonchev–Trinajstić information content (AvgIpc) is 2.49. The zero-order valence-electron chi connectivity index (χ0n) is 14.6. The number of thioether (sulfide) groups is 1. The highest BCUT2D eigenvalue weighted by atomic mass is 32.2. The number of carbonyl (C=O) groups excluding carboxylic acids is 2. The quantitative estimate of drug-likeness (QED) is 0.479. The molecule has 0 aliphatic carbocycles. The molecule has 2 amide bonds. The van der Waals surface area contributed by atoms with Gasteiger partial charge in [0.2, 0.25) is 5.91 Å². The second kappa shape index (κ2) is 9.93. The van der Waals surface area contributed by atoms with Crippen LogP contribution in [0.5, 0.6) is 0 Å². The fraction of sp³-hybridized carbons (Fsp3) is 0.471. The lowest BCUT2D eigenvalue weighted by Crippen LogP contribution is -2.45. The fourth-order valence-electron chi connectivity index (χ4n) is 1.78. The standard InChI is InChI=1S/C17H24N2O5S/c1-17(2,3)24-16(23)19-13(15(21)22)10-25-11-18-14(20)9-12-7-5-4-6-8-12/h4-8,13H,9-11H2,1-3H3,(H,18,20)(H,19,23)(H,21,22)/t13-/m1/s1. The molecule has 0 saturated carbocycles. The van der Waals surface area contributed by atoms with Gasteiger partial charge < -0.3 is 20.5 Å². The van der Waals surface area contributed by atoms with Crippen LogP contribution in [0.3, 0.4) is 0 Å². The SMILES string of the molecule is CC(C)(C)OC(=O)N[C@H](CSCNC(=O)Cc1ccccc1)C(=O)O. The van der Waals surface area contributed by atoms with E-state index < -0.39 is 23.7 Å². The van der Waals surface area contributed by atoms with Gasteiger partial charge in [-0.3, -0.25) is 4.79 Å².